The third kappa shape index (κ3) is 4.39. The fourth-order valence-electron chi connectivity index (χ4n) is 1.76. The minimum absolute atomic E-state index is 0.0800. The number of carbonyl (C=O) groups is 2. The Balaban J connectivity index is 1.86. The van der Waals surface area contributed by atoms with Crippen LogP contribution in [0.1, 0.15) is 18.4 Å². The summed E-state index contributed by atoms with van der Waals surface area (Å²) >= 11 is 11.7. The molecule has 1 aromatic rings. The van der Waals surface area contributed by atoms with Crippen molar-refractivity contribution in [3.05, 3.63) is 33.8 Å². The molecule has 0 unspecified atom stereocenters. The average Bonchev–Trinajstić information content (AvgIpc) is 3.17. The lowest BCUT2D eigenvalue weighted by Crippen LogP contribution is -2.39. The van der Waals surface area contributed by atoms with Crippen molar-refractivity contribution < 1.29 is 9.59 Å². The second-order valence-corrected chi connectivity index (χ2v) is 5.83. The normalized spacial score (nSPS) is 13.9. The van der Waals surface area contributed by atoms with Crippen molar-refractivity contribution in [2.24, 2.45) is 0 Å². The van der Waals surface area contributed by atoms with E-state index >= 15 is 0 Å². The summed E-state index contributed by atoms with van der Waals surface area (Å²) in [5.74, 6) is -0.244. The molecule has 1 N–H and O–H groups in total. The number of hydrogen-bond donors (Lipinski definition) is 1. The zero-order chi connectivity index (χ0) is 14.7. The summed E-state index contributed by atoms with van der Waals surface area (Å²) in [7, 11) is 1.62. The summed E-state index contributed by atoms with van der Waals surface area (Å²) in [6.07, 6.45) is 2.27. The minimum Gasteiger partial charge on any atom is -0.352 e. The lowest BCUT2D eigenvalue weighted by Gasteiger charge is -2.17. The first-order chi connectivity index (χ1) is 9.45. The quantitative estimate of drug-likeness (QED) is 0.906. The zero-order valence-electron chi connectivity index (χ0n) is 11.2. The molecule has 108 valence electrons. The van der Waals surface area contributed by atoms with E-state index in [2.05, 4.69) is 5.32 Å². The minimum atomic E-state index is -0.130. The molecule has 1 aliphatic rings. The molecule has 0 radical (unpaired) electrons. The molecule has 0 atom stereocenters. The van der Waals surface area contributed by atoms with Crippen LogP contribution in [0.25, 0.3) is 0 Å². The molecule has 0 bridgehead atoms. The van der Waals surface area contributed by atoms with Gasteiger partial charge in [-0.2, -0.15) is 0 Å². The molecule has 2 amide bonds. The van der Waals surface area contributed by atoms with Gasteiger partial charge in [0.25, 0.3) is 0 Å². The number of benzene rings is 1. The Bertz CT molecular complexity index is 530. The largest absolute Gasteiger partial charge is 0.352 e. The van der Waals surface area contributed by atoms with Crippen LogP contribution in [0.15, 0.2) is 18.2 Å². The number of halogens is 2. The maximum Gasteiger partial charge on any atom is 0.239 e. The second-order valence-electron chi connectivity index (χ2n) is 5.02. The predicted octanol–water partition coefficient (Wildman–Crippen LogP) is 2.27. The first-order valence-corrected chi connectivity index (χ1v) is 7.18. The molecule has 0 aliphatic heterocycles. The lowest BCUT2D eigenvalue weighted by molar-refractivity contribution is -0.134. The van der Waals surface area contributed by atoms with Crippen molar-refractivity contribution in [2.45, 2.75) is 25.3 Å². The maximum absolute atomic E-state index is 12.0. The van der Waals surface area contributed by atoms with Crippen molar-refractivity contribution in [1.82, 2.24) is 10.2 Å². The van der Waals surface area contributed by atoms with E-state index in [4.69, 9.17) is 23.2 Å². The molecule has 4 nitrogen and oxygen atoms in total. The molecule has 1 aromatic carbocycles. The summed E-state index contributed by atoms with van der Waals surface area (Å²) in [6.45, 7) is 0.0800. The van der Waals surface area contributed by atoms with Crippen molar-refractivity contribution in [3.63, 3.8) is 0 Å². The van der Waals surface area contributed by atoms with Gasteiger partial charge in [0.15, 0.2) is 0 Å². The summed E-state index contributed by atoms with van der Waals surface area (Å²) in [6, 6.07) is 5.39. The van der Waals surface area contributed by atoms with Crippen molar-refractivity contribution in [3.8, 4) is 0 Å². The summed E-state index contributed by atoms with van der Waals surface area (Å²) in [5, 5.41) is 3.73. The molecule has 20 heavy (non-hydrogen) atoms. The van der Waals surface area contributed by atoms with Crippen LogP contribution in [-0.4, -0.2) is 36.3 Å². The van der Waals surface area contributed by atoms with Gasteiger partial charge in [-0.1, -0.05) is 29.3 Å². The van der Waals surface area contributed by atoms with Gasteiger partial charge in [0.1, 0.15) is 0 Å². The van der Waals surface area contributed by atoms with Gasteiger partial charge in [-0.3, -0.25) is 9.59 Å². The molecule has 2 rings (SSSR count). The highest BCUT2D eigenvalue weighted by Crippen LogP contribution is 2.23. The molecular formula is C14H16Cl2N2O2. The van der Waals surface area contributed by atoms with E-state index in [1.165, 1.54) is 4.90 Å². The van der Waals surface area contributed by atoms with Crippen LogP contribution >= 0.6 is 23.2 Å². The van der Waals surface area contributed by atoms with Gasteiger partial charge in [-0.05, 0) is 30.5 Å². The molecule has 1 saturated carbocycles. The van der Waals surface area contributed by atoms with Gasteiger partial charge in [0.2, 0.25) is 11.8 Å². The van der Waals surface area contributed by atoms with Gasteiger partial charge >= 0.3 is 0 Å². The predicted molar refractivity (Wildman–Crippen MR) is 79.0 cm³/mol. The van der Waals surface area contributed by atoms with Crippen LogP contribution in [0.5, 0.6) is 0 Å². The number of carbonyl (C=O) groups excluding carboxylic acids is 2. The Labute approximate surface area is 128 Å². The maximum atomic E-state index is 12.0. The lowest BCUT2D eigenvalue weighted by atomic mass is 10.1. The summed E-state index contributed by atoms with van der Waals surface area (Å²) in [4.78, 5) is 25.0. The highest BCUT2D eigenvalue weighted by atomic mass is 35.5. The molecule has 6 heteroatoms. The highest BCUT2D eigenvalue weighted by molar-refractivity contribution is 6.42. The monoisotopic (exact) mass is 314 g/mol. The van der Waals surface area contributed by atoms with Gasteiger partial charge in [0, 0.05) is 13.1 Å². The number of nitrogens with one attached hydrogen (secondary N) is 1. The van der Waals surface area contributed by atoms with E-state index in [0.717, 1.165) is 18.4 Å². The van der Waals surface area contributed by atoms with Crippen LogP contribution in [0.4, 0.5) is 0 Å². The first-order valence-electron chi connectivity index (χ1n) is 6.43. The molecule has 0 spiro atoms. The molecule has 0 saturated heterocycles. The van der Waals surface area contributed by atoms with Crippen LogP contribution < -0.4 is 5.32 Å². The standard InChI is InChI=1S/C14H16Cl2N2O2/c1-18(8-13(19)17-10-3-4-10)14(20)7-9-2-5-11(15)12(16)6-9/h2,5-6,10H,3-4,7-8H2,1H3,(H,17,19). The van der Waals surface area contributed by atoms with Crippen molar-refractivity contribution in [2.75, 3.05) is 13.6 Å². The SMILES string of the molecule is CN(CC(=O)NC1CC1)C(=O)Cc1ccc(Cl)c(Cl)c1. The second kappa shape index (κ2) is 6.46. The highest BCUT2D eigenvalue weighted by Gasteiger charge is 2.24. The van der Waals surface area contributed by atoms with Gasteiger partial charge in [-0.25, -0.2) is 0 Å². The summed E-state index contributed by atoms with van der Waals surface area (Å²) < 4.78 is 0. The van der Waals surface area contributed by atoms with E-state index in [0.29, 0.717) is 16.1 Å². The van der Waals surface area contributed by atoms with Crippen LogP contribution in [0.2, 0.25) is 10.0 Å². The Kier molecular flexibility index (Phi) is 4.89. The Morgan fingerprint density at radius 3 is 2.60 bits per heavy atom. The Morgan fingerprint density at radius 1 is 1.30 bits per heavy atom. The van der Waals surface area contributed by atoms with Gasteiger partial charge in [-0.15, -0.1) is 0 Å². The third-order valence-electron chi connectivity index (χ3n) is 3.09. The molecule has 0 aromatic heterocycles. The Morgan fingerprint density at radius 2 is 2.00 bits per heavy atom. The van der Waals surface area contributed by atoms with E-state index in [1.807, 2.05) is 0 Å². The van der Waals surface area contributed by atoms with Crippen molar-refractivity contribution >= 4 is 35.0 Å². The van der Waals surface area contributed by atoms with Crippen LogP contribution in [-0.2, 0) is 16.0 Å². The van der Waals surface area contributed by atoms with E-state index in [9.17, 15) is 9.59 Å². The third-order valence-corrected chi connectivity index (χ3v) is 3.83. The number of amides is 2. The molecule has 1 fully saturated rings. The van der Waals surface area contributed by atoms with Crippen LogP contribution in [0, 0.1) is 0 Å². The summed E-state index contributed by atoms with van der Waals surface area (Å²) in [5.41, 5.74) is 0.777. The van der Waals surface area contributed by atoms with Crippen molar-refractivity contribution in [1.29, 1.82) is 0 Å². The Hall–Kier alpha value is -1.26. The number of likely N-dealkylation sites (N-methyl/N-ethyl adjacent to an activating group) is 1. The topological polar surface area (TPSA) is 49.4 Å². The van der Waals surface area contributed by atoms with Crippen LogP contribution in [0.3, 0.4) is 0 Å². The number of hydrogen-bond acceptors (Lipinski definition) is 2. The first kappa shape index (κ1) is 15.1. The van der Waals surface area contributed by atoms with E-state index in [-0.39, 0.29) is 24.8 Å². The van der Waals surface area contributed by atoms with Gasteiger partial charge in [0.05, 0.1) is 23.0 Å². The van der Waals surface area contributed by atoms with Gasteiger partial charge < -0.3 is 10.2 Å². The zero-order valence-corrected chi connectivity index (χ0v) is 12.7. The van der Waals surface area contributed by atoms with E-state index < -0.39 is 0 Å². The number of rotatable bonds is 5. The molecule has 0 heterocycles. The number of nitrogens with zero attached hydrogens (tertiary/aromatic N) is 1. The smallest absolute Gasteiger partial charge is 0.239 e. The molecule has 1 aliphatic carbocycles. The fourth-order valence-corrected chi connectivity index (χ4v) is 2.08. The average molecular weight is 315 g/mol. The molecular weight excluding hydrogens is 299 g/mol. The van der Waals surface area contributed by atoms with E-state index in [1.54, 1.807) is 25.2 Å². The fraction of sp³-hybridized carbons (Fsp3) is 0.429.